The van der Waals surface area contributed by atoms with Crippen LogP contribution in [0.1, 0.15) is 16.1 Å². The zero-order valence-corrected chi connectivity index (χ0v) is 19.7. The van der Waals surface area contributed by atoms with Crippen molar-refractivity contribution in [1.82, 2.24) is 24.6 Å². The van der Waals surface area contributed by atoms with E-state index in [1.165, 1.54) is 10.2 Å². The number of amides is 1. The smallest absolute Gasteiger partial charge is 0.279 e. The third-order valence-corrected chi connectivity index (χ3v) is 6.78. The van der Waals surface area contributed by atoms with E-state index >= 15 is 0 Å². The summed E-state index contributed by atoms with van der Waals surface area (Å²) in [6.45, 7) is 3.49. The fourth-order valence-corrected chi connectivity index (χ4v) is 4.89. The Hall–Kier alpha value is -4.36. The van der Waals surface area contributed by atoms with Crippen LogP contribution in [0.25, 0.3) is 27.4 Å². The van der Waals surface area contributed by atoms with Crippen LogP contribution in [0.4, 0.5) is 0 Å². The first kappa shape index (κ1) is 22.1. The molecule has 1 aliphatic rings. The summed E-state index contributed by atoms with van der Waals surface area (Å²) in [6, 6.07) is 26.7. The number of fused-ring (bicyclic) bond motifs is 2. The summed E-state index contributed by atoms with van der Waals surface area (Å²) in [6.07, 6.45) is 1.83. The lowest BCUT2D eigenvalue weighted by Gasteiger charge is -2.34. The highest BCUT2D eigenvalue weighted by molar-refractivity contribution is 6.04. The van der Waals surface area contributed by atoms with Crippen molar-refractivity contribution in [2.45, 2.75) is 6.54 Å². The van der Waals surface area contributed by atoms with E-state index in [2.05, 4.69) is 39.2 Å². The van der Waals surface area contributed by atoms with E-state index in [1.54, 1.807) is 12.1 Å². The monoisotopic (exact) mass is 475 g/mol. The Balaban J connectivity index is 1.25. The summed E-state index contributed by atoms with van der Waals surface area (Å²) in [5.41, 5.74) is 2.92. The van der Waals surface area contributed by atoms with Crippen molar-refractivity contribution < 1.29 is 4.79 Å². The van der Waals surface area contributed by atoms with Gasteiger partial charge in [-0.15, -0.1) is 0 Å². The van der Waals surface area contributed by atoms with Crippen LogP contribution in [0, 0.1) is 0 Å². The molecule has 7 heteroatoms. The number of nitrogens with zero attached hydrogens (tertiary/aromatic N) is 5. The van der Waals surface area contributed by atoms with Crippen molar-refractivity contribution in [2.24, 2.45) is 0 Å². The highest BCUT2D eigenvalue weighted by atomic mass is 16.2. The van der Waals surface area contributed by atoms with Crippen LogP contribution < -0.4 is 5.56 Å². The van der Waals surface area contributed by atoms with E-state index in [4.69, 9.17) is 0 Å². The van der Waals surface area contributed by atoms with E-state index in [9.17, 15) is 9.59 Å². The topological polar surface area (TPSA) is 71.3 Å². The molecule has 3 heterocycles. The van der Waals surface area contributed by atoms with E-state index in [1.807, 2.05) is 59.6 Å². The molecule has 3 aromatic carbocycles. The summed E-state index contributed by atoms with van der Waals surface area (Å²) in [7, 11) is 0. The first-order valence-corrected chi connectivity index (χ1v) is 12.1. The van der Waals surface area contributed by atoms with Crippen LogP contribution in [0.3, 0.4) is 0 Å². The van der Waals surface area contributed by atoms with Gasteiger partial charge in [-0.3, -0.25) is 19.5 Å². The number of carbonyl (C=O) groups is 1. The molecule has 6 rings (SSSR count). The molecule has 0 spiro atoms. The summed E-state index contributed by atoms with van der Waals surface area (Å²) >= 11 is 0. The number of hydrogen-bond donors (Lipinski definition) is 0. The molecule has 0 unspecified atom stereocenters. The van der Waals surface area contributed by atoms with Crippen molar-refractivity contribution in [1.29, 1.82) is 0 Å². The largest absolute Gasteiger partial charge is 0.335 e. The van der Waals surface area contributed by atoms with Gasteiger partial charge in [0.15, 0.2) is 5.69 Å². The van der Waals surface area contributed by atoms with Gasteiger partial charge >= 0.3 is 0 Å². The molecule has 0 atom stereocenters. The lowest BCUT2D eigenvalue weighted by Crippen LogP contribution is -2.48. The lowest BCUT2D eigenvalue weighted by atomic mass is 10.1. The lowest BCUT2D eigenvalue weighted by molar-refractivity contribution is 0.0623. The second-order valence-corrected chi connectivity index (χ2v) is 9.01. The molecule has 5 aromatic rings. The van der Waals surface area contributed by atoms with Crippen LogP contribution in [0.15, 0.2) is 95.9 Å². The minimum Gasteiger partial charge on any atom is -0.335 e. The van der Waals surface area contributed by atoms with Gasteiger partial charge in [0.25, 0.3) is 11.5 Å². The van der Waals surface area contributed by atoms with Crippen molar-refractivity contribution in [3.05, 3.63) is 113 Å². The Morgan fingerprint density at radius 2 is 1.50 bits per heavy atom. The Labute approximate surface area is 208 Å². The highest BCUT2D eigenvalue weighted by Crippen LogP contribution is 2.20. The van der Waals surface area contributed by atoms with Gasteiger partial charge in [-0.25, -0.2) is 0 Å². The van der Waals surface area contributed by atoms with Gasteiger partial charge in [0.05, 0.1) is 16.6 Å². The van der Waals surface area contributed by atoms with Gasteiger partial charge in [-0.1, -0.05) is 60.7 Å². The van der Waals surface area contributed by atoms with Gasteiger partial charge in [-0.2, -0.15) is 9.78 Å². The average molecular weight is 476 g/mol. The minimum absolute atomic E-state index is 0.151. The number of hydrogen-bond acceptors (Lipinski definition) is 5. The fourth-order valence-electron chi connectivity index (χ4n) is 4.89. The van der Waals surface area contributed by atoms with Gasteiger partial charge in [0, 0.05) is 49.7 Å². The second kappa shape index (κ2) is 9.36. The van der Waals surface area contributed by atoms with Crippen molar-refractivity contribution in [3.63, 3.8) is 0 Å². The van der Waals surface area contributed by atoms with Crippen LogP contribution in [-0.4, -0.2) is 56.7 Å². The van der Waals surface area contributed by atoms with Gasteiger partial charge in [0.2, 0.25) is 0 Å². The molecule has 0 aliphatic carbocycles. The highest BCUT2D eigenvalue weighted by Gasteiger charge is 2.26. The van der Waals surface area contributed by atoms with Crippen LogP contribution in [-0.2, 0) is 6.54 Å². The van der Waals surface area contributed by atoms with E-state index in [-0.39, 0.29) is 11.5 Å². The number of benzene rings is 3. The predicted molar refractivity (Wildman–Crippen MR) is 140 cm³/mol. The molecule has 1 aliphatic heterocycles. The molecule has 0 N–H and O–H groups in total. The third-order valence-electron chi connectivity index (χ3n) is 6.78. The summed E-state index contributed by atoms with van der Waals surface area (Å²) in [4.78, 5) is 35.6. The number of rotatable bonds is 4. The molecular formula is C29H25N5O2. The van der Waals surface area contributed by atoms with E-state index < -0.39 is 0 Å². The SMILES string of the molecule is O=C(c1nn(-c2ccccc2)c(=O)c2ccccc12)N1CCN(Cc2cccc3cccnc23)CC1. The van der Waals surface area contributed by atoms with E-state index in [0.29, 0.717) is 35.2 Å². The Morgan fingerprint density at radius 1 is 0.778 bits per heavy atom. The van der Waals surface area contributed by atoms with Gasteiger partial charge < -0.3 is 4.90 Å². The molecule has 178 valence electrons. The van der Waals surface area contributed by atoms with Crippen molar-refractivity contribution in [3.8, 4) is 5.69 Å². The third kappa shape index (κ3) is 4.03. The van der Waals surface area contributed by atoms with Crippen molar-refractivity contribution >= 4 is 27.6 Å². The first-order valence-electron chi connectivity index (χ1n) is 12.1. The molecule has 0 saturated carbocycles. The predicted octanol–water partition coefficient (Wildman–Crippen LogP) is 3.89. The number of carbonyl (C=O) groups excluding carboxylic acids is 1. The zero-order chi connectivity index (χ0) is 24.5. The molecule has 36 heavy (non-hydrogen) atoms. The zero-order valence-electron chi connectivity index (χ0n) is 19.7. The number of aromatic nitrogens is 3. The molecular weight excluding hydrogens is 450 g/mol. The number of piperazine rings is 1. The van der Waals surface area contributed by atoms with Crippen LogP contribution in [0.2, 0.25) is 0 Å². The van der Waals surface area contributed by atoms with E-state index in [0.717, 1.165) is 30.5 Å². The first-order chi connectivity index (χ1) is 17.7. The molecule has 0 bridgehead atoms. The maximum atomic E-state index is 13.7. The molecule has 1 fully saturated rings. The second-order valence-electron chi connectivity index (χ2n) is 9.01. The standard InChI is InChI=1S/C29H25N5O2/c35-28-25-14-5-4-13-24(25)27(31-34(28)23-11-2-1-3-12-23)29(36)33-18-16-32(17-19-33)20-22-9-6-8-21-10-7-15-30-26(21)22/h1-15H,16-20H2. The minimum atomic E-state index is -0.234. The molecule has 7 nitrogen and oxygen atoms in total. The Bertz CT molecular complexity index is 1620. The van der Waals surface area contributed by atoms with Crippen molar-refractivity contribution in [2.75, 3.05) is 26.2 Å². The number of pyridine rings is 1. The maximum Gasteiger partial charge on any atom is 0.279 e. The van der Waals surface area contributed by atoms with Gasteiger partial charge in [-0.05, 0) is 29.8 Å². The molecule has 2 aromatic heterocycles. The summed E-state index contributed by atoms with van der Waals surface area (Å²) < 4.78 is 1.33. The normalized spacial score (nSPS) is 14.4. The van der Waals surface area contributed by atoms with Crippen LogP contribution in [0.5, 0.6) is 0 Å². The summed E-state index contributed by atoms with van der Waals surface area (Å²) in [5.74, 6) is -0.151. The average Bonchev–Trinajstić information content (AvgIpc) is 2.94. The molecule has 0 radical (unpaired) electrons. The number of para-hydroxylation sites is 2. The fraction of sp³-hybridized carbons (Fsp3) is 0.172. The Kier molecular flexibility index (Phi) is 5.75. The molecule has 1 amide bonds. The quantitative estimate of drug-likeness (QED) is 0.394. The summed E-state index contributed by atoms with van der Waals surface area (Å²) in [5, 5.41) is 6.77. The Morgan fingerprint density at radius 3 is 2.31 bits per heavy atom. The van der Waals surface area contributed by atoms with Crippen LogP contribution >= 0.6 is 0 Å². The maximum absolute atomic E-state index is 13.7. The molecule has 1 saturated heterocycles. The van der Waals surface area contributed by atoms with Gasteiger partial charge in [0.1, 0.15) is 0 Å².